The van der Waals surface area contributed by atoms with E-state index in [1.54, 1.807) is 44.2 Å². The molecule has 0 radical (unpaired) electrons. The minimum atomic E-state index is -1.72. The van der Waals surface area contributed by atoms with Crippen molar-refractivity contribution in [3.63, 3.8) is 0 Å². The second kappa shape index (κ2) is 34.5. The highest BCUT2D eigenvalue weighted by Crippen LogP contribution is 2.14. The van der Waals surface area contributed by atoms with E-state index < -0.39 is 115 Å². The number of carboxylic acid groups (broad SMARTS) is 1. The molecular formula is C49H78N16O12. The summed E-state index contributed by atoms with van der Waals surface area (Å²) in [6.07, 6.45) is -0.0927. The third-order valence-electron chi connectivity index (χ3n) is 11.6. The summed E-state index contributed by atoms with van der Waals surface area (Å²) in [5, 5.41) is 47.5. The van der Waals surface area contributed by atoms with Crippen LogP contribution in [-0.2, 0) is 56.0 Å². The Balaban J connectivity index is 2.45. The third kappa shape index (κ3) is 25.8. The lowest BCUT2D eigenvalue weighted by molar-refractivity contribution is -0.142. The molecule has 28 nitrogen and oxygen atoms in total. The molecule has 28 heteroatoms. The molecule has 0 aliphatic heterocycles. The van der Waals surface area contributed by atoms with Gasteiger partial charge >= 0.3 is 5.97 Å². The Labute approximate surface area is 446 Å². The van der Waals surface area contributed by atoms with E-state index in [1.807, 2.05) is 0 Å². The molecule has 24 N–H and O–H groups in total. The molecule has 0 unspecified atom stereocenters. The summed E-state index contributed by atoms with van der Waals surface area (Å²) in [6.45, 7) is 2.94. The van der Waals surface area contributed by atoms with Crippen LogP contribution < -0.4 is 77.4 Å². The number of aliphatic hydroxyl groups is 1. The molecule has 0 saturated carbocycles. The number of nitrogens with one attached hydrogen (secondary N) is 7. The predicted octanol–water partition coefficient (Wildman–Crippen LogP) is -4.87. The third-order valence-corrected chi connectivity index (χ3v) is 11.6. The Morgan fingerprint density at radius 1 is 0.519 bits per heavy atom. The van der Waals surface area contributed by atoms with Crippen molar-refractivity contribution in [3.8, 4) is 5.75 Å². The molecular weight excluding hydrogens is 1000 g/mol. The van der Waals surface area contributed by atoms with E-state index in [4.69, 9.17) is 40.1 Å². The normalized spacial score (nSPS) is 14.1. The van der Waals surface area contributed by atoms with Crippen LogP contribution in [0.2, 0.25) is 0 Å². The number of benzene rings is 2. The molecule has 0 spiro atoms. The Hall–Kier alpha value is -8.11. The Morgan fingerprint density at radius 3 is 1.48 bits per heavy atom. The van der Waals surface area contributed by atoms with Crippen LogP contribution in [-0.4, -0.2) is 155 Å². The number of amides is 8. The molecule has 2 aromatic rings. The van der Waals surface area contributed by atoms with Crippen molar-refractivity contribution >= 4 is 65.1 Å². The number of nitrogens with two attached hydrogens (primary N) is 7. The number of phenols is 1. The van der Waals surface area contributed by atoms with Gasteiger partial charge in [0.05, 0.1) is 19.1 Å². The van der Waals surface area contributed by atoms with E-state index in [1.165, 1.54) is 24.3 Å². The van der Waals surface area contributed by atoms with Gasteiger partial charge in [0.15, 0.2) is 11.9 Å². The summed E-state index contributed by atoms with van der Waals surface area (Å²) in [5.74, 6) is -9.69. The molecule has 0 saturated heterocycles. The number of aliphatic carboxylic acids is 1. The van der Waals surface area contributed by atoms with Crippen molar-refractivity contribution in [1.29, 1.82) is 0 Å². The van der Waals surface area contributed by atoms with Crippen LogP contribution in [0.5, 0.6) is 5.75 Å². The van der Waals surface area contributed by atoms with Crippen molar-refractivity contribution in [2.24, 2.45) is 56.0 Å². The van der Waals surface area contributed by atoms with Crippen LogP contribution in [0.4, 0.5) is 0 Å². The number of carboxylic acids is 1. The van der Waals surface area contributed by atoms with Crippen LogP contribution in [0.15, 0.2) is 64.6 Å². The fraction of sp³-hybridized carbons (Fsp3) is 0.531. The fourth-order valence-corrected chi connectivity index (χ4v) is 7.53. The van der Waals surface area contributed by atoms with Crippen LogP contribution >= 0.6 is 0 Å². The average molecular weight is 1080 g/mol. The molecule has 0 aliphatic rings. The zero-order valence-corrected chi connectivity index (χ0v) is 43.5. The van der Waals surface area contributed by atoms with E-state index >= 15 is 0 Å². The second-order valence-electron chi connectivity index (χ2n) is 18.6. The molecule has 0 fully saturated rings. The van der Waals surface area contributed by atoms with Gasteiger partial charge in [-0.15, -0.1) is 0 Å². The number of phenolic OH excluding ortho intramolecular Hbond substituents is 1. The molecule has 2 aromatic carbocycles. The van der Waals surface area contributed by atoms with Crippen LogP contribution in [0.1, 0.15) is 82.8 Å². The average Bonchev–Trinajstić information content (AvgIpc) is 3.36. The van der Waals surface area contributed by atoms with Crippen molar-refractivity contribution in [3.05, 3.63) is 65.7 Å². The lowest BCUT2D eigenvalue weighted by Crippen LogP contribution is -2.61. The largest absolute Gasteiger partial charge is 0.508 e. The summed E-state index contributed by atoms with van der Waals surface area (Å²) in [6, 6.07) is 2.44. The number of nitrogens with zero attached hydrogens (tertiary/aromatic N) is 2. The fourth-order valence-electron chi connectivity index (χ4n) is 7.53. The Bertz CT molecular complexity index is 2310. The van der Waals surface area contributed by atoms with Gasteiger partial charge in [0.25, 0.3) is 0 Å². The zero-order valence-electron chi connectivity index (χ0n) is 43.5. The number of carbonyl (C=O) groups excluding carboxylic acids is 8. The quantitative estimate of drug-likeness (QED) is 0.0173. The summed E-state index contributed by atoms with van der Waals surface area (Å²) in [7, 11) is 0. The zero-order chi connectivity index (χ0) is 57.6. The van der Waals surface area contributed by atoms with Crippen LogP contribution in [0.3, 0.4) is 0 Å². The number of guanidine groups is 2. The molecule has 77 heavy (non-hydrogen) atoms. The van der Waals surface area contributed by atoms with E-state index in [2.05, 4.69) is 47.2 Å². The maximum Gasteiger partial charge on any atom is 0.326 e. The number of unbranched alkanes of at least 4 members (excludes halogenated alkanes) is 1. The van der Waals surface area contributed by atoms with Crippen LogP contribution in [0.25, 0.3) is 0 Å². The molecule has 8 amide bonds. The maximum absolute atomic E-state index is 14.4. The van der Waals surface area contributed by atoms with E-state index in [9.17, 15) is 58.5 Å². The highest BCUT2D eigenvalue weighted by molar-refractivity contribution is 5.98. The lowest BCUT2D eigenvalue weighted by atomic mass is 10.00. The molecule has 8 atom stereocenters. The highest BCUT2D eigenvalue weighted by atomic mass is 16.4. The van der Waals surface area contributed by atoms with Crippen molar-refractivity contribution < 1.29 is 58.5 Å². The maximum atomic E-state index is 14.4. The SMILES string of the molecule is CC(C)C[C@H](NC(=O)[C@H](Cc1ccc(O)cc1)NC(=O)[C@H](CCCCN)NC(=O)[C@H](CC(N)=O)NC(=O)[C@H](CCCN=C(N)N)NC(=O)[C@@H](N)CCCN=C(N)N)C(=O)N[C@@H](CO)C(=O)N[C@@H](Cc1ccccc1)C(=O)O. The molecule has 0 aromatic heterocycles. The van der Waals surface area contributed by atoms with E-state index in [0.717, 1.165) is 0 Å². The molecule has 0 bridgehead atoms. The first-order valence-electron chi connectivity index (χ1n) is 25.1. The van der Waals surface area contributed by atoms with Crippen molar-refractivity contribution in [2.45, 2.75) is 133 Å². The van der Waals surface area contributed by atoms with E-state index in [-0.39, 0.29) is 94.6 Å². The Morgan fingerprint density at radius 2 is 0.948 bits per heavy atom. The summed E-state index contributed by atoms with van der Waals surface area (Å²) < 4.78 is 0. The van der Waals surface area contributed by atoms with Gasteiger partial charge in [-0.2, -0.15) is 0 Å². The second-order valence-corrected chi connectivity index (χ2v) is 18.6. The number of aliphatic hydroxyl groups excluding tert-OH is 1. The van der Waals surface area contributed by atoms with Gasteiger partial charge in [-0.3, -0.25) is 48.3 Å². The number of aliphatic imine (C=N–C) groups is 2. The highest BCUT2D eigenvalue weighted by Gasteiger charge is 2.35. The topological polar surface area (TPSA) is 505 Å². The molecule has 0 heterocycles. The molecule has 2 rings (SSSR count). The smallest absolute Gasteiger partial charge is 0.326 e. The summed E-state index contributed by atoms with van der Waals surface area (Å²) in [5.41, 5.74) is 40.0. The number of hydrogen-bond donors (Lipinski definition) is 17. The predicted molar refractivity (Wildman–Crippen MR) is 284 cm³/mol. The monoisotopic (exact) mass is 1080 g/mol. The number of rotatable bonds is 36. The van der Waals surface area contributed by atoms with Gasteiger partial charge in [-0.05, 0) is 87.1 Å². The van der Waals surface area contributed by atoms with Crippen molar-refractivity contribution in [1.82, 2.24) is 37.2 Å². The minimum absolute atomic E-state index is 0.0258. The van der Waals surface area contributed by atoms with Gasteiger partial charge in [-0.1, -0.05) is 56.3 Å². The first-order chi connectivity index (χ1) is 36.4. The summed E-state index contributed by atoms with van der Waals surface area (Å²) in [4.78, 5) is 129. The van der Waals surface area contributed by atoms with Gasteiger partial charge in [0, 0.05) is 25.9 Å². The molecule has 0 aliphatic carbocycles. The van der Waals surface area contributed by atoms with Crippen LogP contribution in [0, 0.1) is 5.92 Å². The first-order valence-corrected chi connectivity index (χ1v) is 25.1. The number of hydrogen-bond acceptors (Lipinski definition) is 15. The van der Waals surface area contributed by atoms with Gasteiger partial charge in [-0.25, -0.2) is 4.79 Å². The number of carbonyl (C=O) groups is 9. The first kappa shape index (κ1) is 65.0. The number of aromatic hydroxyl groups is 1. The lowest BCUT2D eigenvalue weighted by Gasteiger charge is -2.28. The van der Waals surface area contributed by atoms with Gasteiger partial charge in [0.1, 0.15) is 48.0 Å². The van der Waals surface area contributed by atoms with Crippen molar-refractivity contribution in [2.75, 3.05) is 26.2 Å². The Kier molecular flexibility index (Phi) is 29.1. The number of primary amides is 1. The van der Waals surface area contributed by atoms with Gasteiger partial charge in [0.2, 0.25) is 47.3 Å². The standard InChI is InChI=1S/C49H78N16O12/c1-27(2)22-34(43(72)65-38(26-66)46(75)64-37(47(76)77)24-28-10-4-3-5-11-28)61-44(73)35(23-29-15-17-30(67)18-16-29)62-41(70)32(13-6-7-19-50)60-45(74)36(25-39(52)68)63-42(71)33(14-9-21-58-49(55)56)59-40(69)31(51)12-8-20-57-48(53)54/h3-5,10-11,15-18,27,31-38,66-67H,6-9,12-14,19-26,50-51H2,1-2H3,(H2,52,68)(H,59,69)(H,60,74)(H,61,73)(H,62,70)(H,63,71)(H,64,75)(H,65,72)(H,76,77)(H4,53,54,57)(H4,55,56,58)/t31-,32-,33-,34-,35-,36-,37-,38-/m0/s1. The minimum Gasteiger partial charge on any atom is -0.508 e. The molecule has 426 valence electrons. The van der Waals surface area contributed by atoms with E-state index in [0.29, 0.717) is 24.0 Å². The van der Waals surface area contributed by atoms with Gasteiger partial charge < -0.3 is 92.7 Å². The summed E-state index contributed by atoms with van der Waals surface area (Å²) >= 11 is 0.